The molecule has 0 aliphatic carbocycles. The van der Waals surface area contributed by atoms with E-state index >= 15 is 0 Å². The van der Waals surface area contributed by atoms with Crippen LogP contribution in [0.2, 0.25) is 0 Å². The van der Waals surface area contributed by atoms with E-state index in [9.17, 15) is 0 Å². The molecular formula is C31H30BN. The average Bonchev–Trinajstić information content (AvgIpc) is 2.92. The Balaban J connectivity index is 0.000000275. The Morgan fingerprint density at radius 2 is 0.606 bits per heavy atom. The standard InChI is InChI=1S/C24H20B.C7H9N/c1-5-13-21(14-6-1)25(22-15-7-2-8-16-22,23-17-9-3-10-18-23)24-19-11-4-12-20-24;1-8-7-5-3-2-4-6-7/h1-20H;2-6,8H,1H3/q-1;/p+1. The molecule has 0 atom stereocenters. The second kappa shape index (κ2) is 11.1. The molecule has 0 bridgehead atoms. The van der Waals surface area contributed by atoms with E-state index in [1.54, 1.807) is 0 Å². The molecular weight excluding hydrogens is 397 g/mol. The van der Waals surface area contributed by atoms with E-state index in [0.717, 1.165) is 0 Å². The first-order valence-corrected chi connectivity index (χ1v) is 11.6. The van der Waals surface area contributed by atoms with Gasteiger partial charge in [0.05, 0.1) is 7.05 Å². The summed E-state index contributed by atoms with van der Waals surface area (Å²) in [7, 11) is 2.04. The molecule has 33 heavy (non-hydrogen) atoms. The van der Waals surface area contributed by atoms with E-state index in [2.05, 4.69) is 139 Å². The maximum absolute atomic E-state index is 2.26. The first-order chi connectivity index (χ1) is 16.4. The number of rotatable bonds is 5. The van der Waals surface area contributed by atoms with Gasteiger partial charge in [0.1, 0.15) is 11.8 Å². The molecule has 0 fully saturated rings. The molecule has 5 aromatic rings. The second-order valence-corrected chi connectivity index (χ2v) is 8.21. The average molecular weight is 427 g/mol. The van der Waals surface area contributed by atoms with Gasteiger partial charge in [-0.2, -0.15) is 21.9 Å². The summed E-state index contributed by atoms with van der Waals surface area (Å²) >= 11 is 0. The van der Waals surface area contributed by atoms with Crippen LogP contribution in [0.3, 0.4) is 0 Å². The summed E-state index contributed by atoms with van der Waals surface area (Å²) in [6.07, 6.45) is -1.22. The van der Waals surface area contributed by atoms with Crippen LogP contribution in [0.25, 0.3) is 0 Å². The van der Waals surface area contributed by atoms with Crippen LogP contribution in [0.4, 0.5) is 5.69 Å². The Labute approximate surface area is 197 Å². The van der Waals surface area contributed by atoms with E-state index < -0.39 is 6.15 Å². The SMILES string of the molecule is C[NH2+]c1ccccc1.c1ccc([B-](c2ccccc2)(c2ccccc2)c2ccccc2)cc1. The predicted octanol–water partition coefficient (Wildman–Crippen LogP) is 3.58. The van der Waals surface area contributed by atoms with E-state index in [1.165, 1.54) is 27.5 Å². The highest BCUT2D eigenvalue weighted by atomic mass is 14.8. The van der Waals surface area contributed by atoms with Gasteiger partial charge < -0.3 is 5.32 Å². The van der Waals surface area contributed by atoms with Crippen molar-refractivity contribution in [2.24, 2.45) is 0 Å². The lowest BCUT2D eigenvalue weighted by Gasteiger charge is -2.44. The molecule has 5 aromatic carbocycles. The molecule has 5 rings (SSSR count). The minimum atomic E-state index is -1.22. The van der Waals surface area contributed by atoms with Crippen LogP contribution < -0.4 is 27.2 Å². The summed E-state index contributed by atoms with van der Waals surface area (Å²) in [6, 6.07) is 53.8. The van der Waals surface area contributed by atoms with E-state index in [1.807, 2.05) is 25.2 Å². The number of quaternary nitrogens is 1. The fraction of sp³-hybridized carbons (Fsp3) is 0.0323. The predicted molar refractivity (Wildman–Crippen MR) is 144 cm³/mol. The Morgan fingerprint density at radius 3 is 0.818 bits per heavy atom. The molecule has 0 aliphatic heterocycles. The van der Waals surface area contributed by atoms with Crippen LogP contribution in [0.5, 0.6) is 0 Å². The summed E-state index contributed by atoms with van der Waals surface area (Å²) in [6.45, 7) is 0. The second-order valence-electron chi connectivity index (χ2n) is 8.21. The Hall–Kier alpha value is -3.88. The lowest BCUT2D eigenvalue weighted by Crippen LogP contribution is -2.74. The van der Waals surface area contributed by atoms with Crippen LogP contribution >= 0.6 is 0 Å². The van der Waals surface area contributed by atoms with Crippen molar-refractivity contribution in [3.05, 3.63) is 152 Å². The minimum absolute atomic E-state index is 1.22. The third-order valence-electron chi connectivity index (χ3n) is 6.33. The third kappa shape index (κ3) is 4.97. The molecule has 2 N–H and O–H groups in total. The van der Waals surface area contributed by atoms with Gasteiger partial charge in [0.25, 0.3) is 0 Å². The van der Waals surface area contributed by atoms with Gasteiger partial charge in [0, 0.05) is 0 Å². The van der Waals surface area contributed by atoms with Gasteiger partial charge in [-0.3, -0.25) is 0 Å². The quantitative estimate of drug-likeness (QED) is 0.326. The van der Waals surface area contributed by atoms with Crippen LogP contribution in [-0.4, -0.2) is 13.2 Å². The topological polar surface area (TPSA) is 16.6 Å². The van der Waals surface area contributed by atoms with Gasteiger partial charge in [0.2, 0.25) is 0 Å². The largest absolute Gasteiger partial charge is 0.316 e. The Bertz CT molecular complexity index is 1050. The summed E-state index contributed by atoms with van der Waals surface area (Å²) in [5.41, 5.74) is 6.64. The fourth-order valence-corrected chi connectivity index (χ4v) is 4.77. The van der Waals surface area contributed by atoms with Crippen molar-refractivity contribution < 1.29 is 5.32 Å². The smallest absolute Gasteiger partial charge is 0.129 e. The first kappa shape index (κ1) is 22.3. The maximum atomic E-state index is 2.26. The lowest BCUT2D eigenvalue weighted by molar-refractivity contribution is -0.539. The summed E-state index contributed by atoms with van der Waals surface area (Å²) in [4.78, 5) is 0. The number of hydrogen-bond acceptors (Lipinski definition) is 0. The van der Waals surface area contributed by atoms with Crippen molar-refractivity contribution in [2.75, 3.05) is 7.05 Å². The molecule has 0 unspecified atom stereocenters. The highest BCUT2D eigenvalue weighted by Crippen LogP contribution is 2.09. The first-order valence-electron chi connectivity index (χ1n) is 11.6. The molecule has 2 heteroatoms. The summed E-state index contributed by atoms with van der Waals surface area (Å²) in [5, 5.41) is 2.08. The molecule has 0 saturated heterocycles. The fourth-order valence-electron chi connectivity index (χ4n) is 4.77. The van der Waals surface area contributed by atoms with E-state index in [0.29, 0.717) is 0 Å². The lowest BCUT2D eigenvalue weighted by atomic mass is 9.13. The zero-order valence-corrected chi connectivity index (χ0v) is 19.1. The third-order valence-corrected chi connectivity index (χ3v) is 6.33. The molecule has 1 nitrogen and oxygen atoms in total. The number of para-hydroxylation sites is 1. The van der Waals surface area contributed by atoms with Crippen LogP contribution in [-0.2, 0) is 0 Å². The van der Waals surface area contributed by atoms with Crippen molar-refractivity contribution in [1.29, 1.82) is 0 Å². The number of benzene rings is 5. The minimum Gasteiger partial charge on any atom is -0.316 e. The van der Waals surface area contributed by atoms with Crippen LogP contribution in [0.15, 0.2) is 152 Å². The highest BCUT2D eigenvalue weighted by Gasteiger charge is 2.30. The maximum Gasteiger partial charge on any atom is 0.129 e. The molecule has 0 heterocycles. The van der Waals surface area contributed by atoms with Crippen molar-refractivity contribution in [1.82, 2.24) is 0 Å². The van der Waals surface area contributed by atoms with Crippen LogP contribution in [0.1, 0.15) is 0 Å². The molecule has 0 saturated carbocycles. The number of hydrogen-bond donors (Lipinski definition) is 1. The van der Waals surface area contributed by atoms with Gasteiger partial charge in [-0.25, -0.2) is 0 Å². The molecule has 0 spiro atoms. The van der Waals surface area contributed by atoms with Gasteiger partial charge in [-0.1, -0.05) is 140 Å². The van der Waals surface area contributed by atoms with Crippen LogP contribution in [0, 0.1) is 0 Å². The molecule has 0 aromatic heterocycles. The van der Waals surface area contributed by atoms with Gasteiger partial charge in [-0.05, 0) is 12.1 Å². The Morgan fingerprint density at radius 1 is 0.364 bits per heavy atom. The number of nitrogens with two attached hydrogens (primary N) is 1. The Kier molecular flexibility index (Phi) is 7.53. The van der Waals surface area contributed by atoms with Gasteiger partial charge >= 0.3 is 0 Å². The van der Waals surface area contributed by atoms with Crippen molar-refractivity contribution >= 4 is 33.7 Å². The molecule has 162 valence electrons. The summed E-state index contributed by atoms with van der Waals surface area (Å²) < 4.78 is 0. The van der Waals surface area contributed by atoms with Gasteiger partial charge in [0.15, 0.2) is 0 Å². The molecule has 0 aliphatic rings. The molecule has 0 radical (unpaired) electrons. The van der Waals surface area contributed by atoms with Gasteiger partial charge in [-0.15, -0.1) is 0 Å². The van der Waals surface area contributed by atoms with Crippen molar-refractivity contribution in [3.63, 3.8) is 0 Å². The van der Waals surface area contributed by atoms with Crippen molar-refractivity contribution in [3.8, 4) is 0 Å². The normalized spacial score (nSPS) is 10.7. The molecule has 0 amide bonds. The highest BCUT2D eigenvalue weighted by molar-refractivity contribution is 7.19. The van der Waals surface area contributed by atoms with E-state index in [4.69, 9.17) is 0 Å². The zero-order chi connectivity index (χ0) is 22.8. The zero-order valence-electron chi connectivity index (χ0n) is 19.1. The van der Waals surface area contributed by atoms with E-state index in [-0.39, 0.29) is 0 Å². The summed E-state index contributed by atoms with van der Waals surface area (Å²) in [5.74, 6) is 0. The monoisotopic (exact) mass is 427 g/mol. The van der Waals surface area contributed by atoms with Crippen molar-refractivity contribution in [2.45, 2.75) is 0 Å².